The minimum Gasteiger partial charge on any atom is -0.299 e. The summed E-state index contributed by atoms with van der Waals surface area (Å²) in [5.41, 5.74) is 2.60. The molecule has 2 rings (SSSR count). The van der Waals surface area contributed by atoms with Gasteiger partial charge in [0.2, 0.25) is 0 Å². The third kappa shape index (κ3) is 3.49. The predicted molar refractivity (Wildman–Crippen MR) is 84.2 cm³/mol. The molecule has 0 fully saturated rings. The van der Waals surface area contributed by atoms with Crippen LogP contribution in [0.15, 0.2) is 28.7 Å². The molecule has 0 aliphatic rings. The molecule has 0 unspecified atom stereocenters. The Morgan fingerprint density at radius 3 is 2.55 bits per heavy atom. The van der Waals surface area contributed by atoms with Crippen molar-refractivity contribution in [3.8, 4) is 0 Å². The monoisotopic (exact) mass is 354 g/mol. The summed E-state index contributed by atoms with van der Waals surface area (Å²) in [5, 5.41) is 4.93. The molecular weight excluding hydrogens is 340 g/mol. The maximum absolute atomic E-state index is 12.2. The van der Waals surface area contributed by atoms with E-state index in [9.17, 15) is 4.79 Å². The molecule has 0 aliphatic carbocycles. The first-order valence-electron chi connectivity index (χ1n) is 6.49. The second-order valence-corrected chi connectivity index (χ2v) is 5.97. The number of benzene rings is 1. The van der Waals surface area contributed by atoms with Gasteiger partial charge in [0.25, 0.3) is 0 Å². The average molecular weight is 356 g/mol. The van der Waals surface area contributed by atoms with Crippen LogP contribution in [-0.4, -0.2) is 15.6 Å². The Morgan fingerprint density at radius 1 is 1.30 bits per heavy atom. The first-order chi connectivity index (χ1) is 9.51. The fourth-order valence-corrected chi connectivity index (χ4v) is 2.58. The van der Waals surface area contributed by atoms with Gasteiger partial charge in [0.15, 0.2) is 0 Å². The number of carbonyl (C=O) groups excluding carboxylic acids is 1. The van der Waals surface area contributed by atoms with Gasteiger partial charge in [0.05, 0.1) is 22.8 Å². The van der Waals surface area contributed by atoms with Crippen LogP contribution in [0.4, 0.5) is 0 Å². The summed E-state index contributed by atoms with van der Waals surface area (Å²) >= 11 is 9.60. The van der Waals surface area contributed by atoms with Crippen molar-refractivity contribution in [2.75, 3.05) is 0 Å². The van der Waals surface area contributed by atoms with Crippen LogP contribution in [0, 0.1) is 6.92 Å². The van der Waals surface area contributed by atoms with E-state index in [0.29, 0.717) is 24.4 Å². The highest BCUT2D eigenvalue weighted by atomic mass is 79.9. The zero-order valence-electron chi connectivity index (χ0n) is 11.5. The Hall–Kier alpha value is -1.13. The number of hydrogen-bond donors (Lipinski definition) is 0. The largest absolute Gasteiger partial charge is 0.299 e. The van der Waals surface area contributed by atoms with E-state index in [1.54, 1.807) is 4.68 Å². The highest BCUT2D eigenvalue weighted by Crippen LogP contribution is 2.21. The summed E-state index contributed by atoms with van der Waals surface area (Å²) in [6.07, 6.45) is 0.737. The number of nitrogens with zero attached hydrogens (tertiary/aromatic N) is 2. The van der Waals surface area contributed by atoms with Crippen molar-refractivity contribution in [2.45, 2.75) is 33.2 Å². The van der Waals surface area contributed by atoms with Crippen LogP contribution < -0.4 is 0 Å². The molecule has 1 aromatic heterocycles. The number of carbonyl (C=O) groups is 1. The van der Waals surface area contributed by atoms with E-state index < -0.39 is 0 Å². The van der Waals surface area contributed by atoms with Crippen molar-refractivity contribution >= 4 is 33.3 Å². The third-order valence-corrected chi connectivity index (χ3v) is 4.15. The van der Waals surface area contributed by atoms with E-state index >= 15 is 0 Å². The fourth-order valence-electron chi connectivity index (χ4n) is 2.12. The normalized spacial score (nSPS) is 10.8. The second kappa shape index (κ2) is 6.55. The van der Waals surface area contributed by atoms with Gasteiger partial charge in [-0.1, -0.05) is 39.7 Å². The lowest BCUT2D eigenvalue weighted by atomic mass is 10.1. The van der Waals surface area contributed by atoms with Crippen molar-refractivity contribution < 1.29 is 4.79 Å². The number of rotatable bonds is 5. The summed E-state index contributed by atoms with van der Waals surface area (Å²) in [6.45, 7) is 4.57. The Morgan fingerprint density at radius 2 is 1.95 bits per heavy atom. The first kappa shape index (κ1) is 15.3. The van der Waals surface area contributed by atoms with E-state index in [1.807, 2.05) is 38.1 Å². The van der Waals surface area contributed by atoms with Crippen molar-refractivity contribution in [1.29, 1.82) is 0 Å². The van der Waals surface area contributed by atoms with E-state index in [0.717, 1.165) is 21.4 Å². The van der Waals surface area contributed by atoms with Gasteiger partial charge >= 0.3 is 0 Å². The molecule has 0 bridgehead atoms. The van der Waals surface area contributed by atoms with Crippen LogP contribution in [0.2, 0.25) is 5.02 Å². The minimum atomic E-state index is 0.142. The topological polar surface area (TPSA) is 34.9 Å². The quantitative estimate of drug-likeness (QED) is 0.813. The molecule has 0 amide bonds. The van der Waals surface area contributed by atoms with E-state index in [2.05, 4.69) is 21.0 Å². The van der Waals surface area contributed by atoms with Gasteiger partial charge < -0.3 is 0 Å². The van der Waals surface area contributed by atoms with Crippen molar-refractivity contribution in [2.24, 2.45) is 0 Å². The molecule has 106 valence electrons. The van der Waals surface area contributed by atoms with Crippen molar-refractivity contribution in [3.63, 3.8) is 0 Å². The van der Waals surface area contributed by atoms with Crippen LogP contribution in [-0.2, 0) is 24.2 Å². The summed E-state index contributed by atoms with van der Waals surface area (Å²) in [5.74, 6) is 0.142. The Labute approximate surface area is 132 Å². The SMILES string of the molecule is CCn1nc(C)c(Cl)c1CC(=O)Cc1ccc(Br)cc1. The van der Waals surface area contributed by atoms with Crippen LogP contribution in [0.3, 0.4) is 0 Å². The highest BCUT2D eigenvalue weighted by Gasteiger charge is 2.16. The van der Waals surface area contributed by atoms with Crippen LogP contribution >= 0.6 is 27.5 Å². The fraction of sp³-hybridized carbons (Fsp3) is 0.333. The summed E-state index contributed by atoms with van der Waals surface area (Å²) < 4.78 is 2.81. The Bertz CT molecular complexity index is 620. The number of Topliss-reactive ketones (excluding diaryl/α,β-unsaturated/α-hetero) is 1. The molecule has 0 N–H and O–H groups in total. The van der Waals surface area contributed by atoms with E-state index in [1.165, 1.54) is 0 Å². The number of aromatic nitrogens is 2. The Balaban J connectivity index is 2.10. The van der Waals surface area contributed by atoms with Gasteiger partial charge in [0, 0.05) is 17.4 Å². The molecule has 2 aromatic rings. The lowest BCUT2D eigenvalue weighted by Crippen LogP contribution is -2.11. The molecule has 20 heavy (non-hydrogen) atoms. The molecule has 1 aromatic carbocycles. The number of hydrogen-bond acceptors (Lipinski definition) is 2. The van der Waals surface area contributed by atoms with Gasteiger partial charge in [-0.15, -0.1) is 0 Å². The van der Waals surface area contributed by atoms with Crippen LogP contribution in [0.1, 0.15) is 23.9 Å². The van der Waals surface area contributed by atoms with Crippen molar-refractivity contribution in [1.82, 2.24) is 9.78 Å². The second-order valence-electron chi connectivity index (χ2n) is 4.68. The Kier molecular flexibility index (Phi) is 5.00. The lowest BCUT2D eigenvalue weighted by Gasteiger charge is -2.05. The molecule has 1 heterocycles. The van der Waals surface area contributed by atoms with E-state index in [-0.39, 0.29) is 5.78 Å². The lowest BCUT2D eigenvalue weighted by molar-refractivity contribution is -0.117. The predicted octanol–water partition coefficient (Wildman–Crippen LogP) is 3.98. The third-order valence-electron chi connectivity index (χ3n) is 3.13. The smallest absolute Gasteiger partial charge is 0.143 e. The minimum absolute atomic E-state index is 0.142. The maximum atomic E-state index is 12.2. The summed E-state index contributed by atoms with van der Waals surface area (Å²) in [7, 11) is 0. The van der Waals surface area contributed by atoms with Gasteiger partial charge in [-0.3, -0.25) is 9.48 Å². The average Bonchev–Trinajstić information content (AvgIpc) is 2.69. The van der Waals surface area contributed by atoms with Gasteiger partial charge in [0.1, 0.15) is 5.78 Å². The van der Waals surface area contributed by atoms with Gasteiger partial charge in [-0.25, -0.2) is 0 Å². The summed E-state index contributed by atoms with van der Waals surface area (Å²) in [4.78, 5) is 12.2. The van der Waals surface area contributed by atoms with Gasteiger partial charge in [-0.05, 0) is 31.5 Å². The van der Waals surface area contributed by atoms with Crippen molar-refractivity contribution in [3.05, 3.63) is 50.7 Å². The highest BCUT2D eigenvalue weighted by molar-refractivity contribution is 9.10. The zero-order valence-corrected chi connectivity index (χ0v) is 13.8. The molecule has 0 saturated carbocycles. The molecule has 0 radical (unpaired) electrons. The molecule has 5 heteroatoms. The van der Waals surface area contributed by atoms with Gasteiger partial charge in [-0.2, -0.15) is 5.10 Å². The molecule has 3 nitrogen and oxygen atoms in total. The molecule has 0 saturated heterocycles. The first-order valence-corrected chi connectivity index (χ1v) is 7.66. The zero-order chi connectivity index (χ0) is 14.7. The standard InChI is InChI=1S/C15H16BrClN2O/c1-3-19-14(15(17)10(2)18-19)9-13(20)8-11-4-6-12(16)7-5-11/h4-7H,3,8-9H2,1-2H3. The number of halogens is 2. The number of ketones is 1. The summed E-state index contributed by atoms with van der Waals surface area (Å²) in [6, 6.07) is 7.78. The van der Waals surface area contributed by atoms with Crippen LogP contribution in [0.25, 0.3) is 0 Å². The van der Waals surface area contributed by atoms with E-state index in [4.69, 9.17) is 11.6 Å². The number of aryl methyl sites for hydroxylation is 2. The van der Waals surface area contributed by atoms with Crippen LogP contribution in [0.5, 0.6) is 0 Å². The molecule has 0 spiro atoms. The molecular formula is C15H16BrClN2O. The maximum Gasteiger partial charge on any atom is 0.143 e. The molecule has 0 atom stereocenters. The molecule has 0 aliphatic heterocycles.